The van der Waals surface area contributed by atoms with E-state index in [1.807, 2.05) is 48.2 Å². The molecule has 0 radical (unpaired) electrons. The van der Waals surface area contributed by atoms with Crippen molar-refractivity contribution < 1.29 is 4.79 Å². The first-order valence-corrected chi connectivity index (χ1v) is 8.59. The smallest absolute Gasteiger partial charge is 0.241 e. The van der Waals surface area contributed by atoms with Gasteiger partial charge < -0.3 is 15.1 Å². The van der Waals surface area contributed by atoms with E-state index in [0.29, 0.717) is 11.6 Å². The molecule has 0 saturated carbocycles. The number of benzene rings is 2. The number of anilines is 2. The molecule has 5 heteroatoms. The molecule has 2 aromatic rings. The van der Waals surface area contributed by atoms with Crippen molar-refractivity contribution in [1.29, 1.82) is 0 Å². The van der Waals surface area contributed by atoms with Crippen LogP contribution < -0.4 is 10.2 Å². The Bertz CT molecular complexity index is 697. The number of nitrogens with one attached hydrogen (secondary N) is 1. The summed E-state index contributed by atoms with van der Waals surface area (Å²) in [5.41, 5.74) is 3.22. The number of aryl methyl sites for hydroxylation is 1. The second-order valence-electron chi connectivity index (χ2n) is 6.02. The van der Waals surface area contributed by atoms with Gasteiger partial charge in [-0.1, -0.05) is 29.8 Å². The number of piperazine rings is 1. The minimum absolute atomic E-state index is 0.136. The van der Waals surface area contributed by atoms with Crippen molar-refractivity contribution in [3.05, 3.63) is 59.1 Å². The quantitative estimate of drug-likeness (QED) is 0.924. The Hall–Kier alpha value is -2.20. The van der Waals surface area contributed by atoms with Gasteiger partial charge in [0.15, 0.2) is 0 Å². The van der Waals surface area contributed by atoms with Crippen LogP contribution in [0.25, 0.3) is 0 Å². The van der Waals surface area contributed by atoms with Crippen LogP contribution in [0, 0.1) is 6.92 Å². The van der Waals surface area contributed by atoms with Gasteiger partial charge in [0.25, 0.3) is 0 Å². The summed E-state index contributed by atoms with van der Waals surface area (Å²) in [5.74, 6) is 0.136. The molecule has 1 fully saturated rings. The number of amides is 1. The zero-order valence-electron chi connectivity index (χ0n) is 13.8. The number of hydrogen-bond donors (Lipinski definition) is 1. The molecule has 24 heavy (non-hydrogen) atoms. The molecule has 0 atom stereocenters. The van der Waals surface area contributed by atoms with Crippen LogP contribution in [0.4, 0.5) is 11.4 Å². The average molecular weight is 344 g/mol. The topological polar surface area (TPSA) is 35.6 Å². The molecule has 3 rings (SSSR count). The van der Waals surface area contributed by atoms with E-state index in [1.54, 1.807) is 0 Å². The molecule has 1 aliphatic rings. The fourth-order valence-electron chi connectivity index (χ4n) is 2.96. The molecule has 1 amide bonds. The zero-order chi connectivity index (χ0) is 16.9. The summed E-state index contributed by atoms with van der Waals surface area (Å²) in [6.45, 7) is 5.56. The molecule has 0 aliphatic carbocycles. The lowest BCUT2D eigenvalue weighted by Crippen LogP contribution is -2.50. The number of para-hydroxylation sites is 1. The average Bonchev–Trinajstić information content (AvgIpc) is 2.62. The predicted octanol–water partition coefficient (Wildman–Crippen LogP) is 3.41. The van der Waals surface area contributed by atoms with Gasteiger partial charge in [0.05, 0.1) is 6.54 Å². The molecule has 1 heterocycles. The van der Waals surface area contributed by atoms with Gasteiger partial charge >= 0.3 is 0 Å². The monoisotopic (exact) mass is 343 g/mol. The summed E-state index contributed by atoms with van der Waals surface area (Å²) in [4.78, 5) is 16.7. The van der Waals surface area contributed by atoms with Crippen LogP contribution >= 0.6 is 11.6 Å². The number of halogens is 1. The SMILES string of the molecule is Cc1cc(Cl)ccc1NCC(=O)N1CCN(c2ccccc2)CC1. The van der Waals surface area contributed by atoms with E-state index in [9.17, 15) is 4.79 Å². The molecule has 0 bridgehead atoms. The van der Waals surface area contributed by atoms with Crippen molar-refractivity contribution in [3.63, 3.8) is 0 Å². The molecular weight excluding hydrogens is 322 g/mol. The lowest BCUT2D eigenvalue weighted by molar-refractivity contribution is -0.129. The first-order chi connectivity index (χ1) is 11.6. The Morgan fingerprint density at radius 1 is 1.08 bits per heavy atom. The van der Waals surface area contributed by atoms with Crippen molar-refractivity contribution in [3.8, 4) is 0 Å². The fraction of sp³-hybridized carbons (Fsp3) is 0.316. The molecule has 1 aliphatic heterocycles. The van der Waals surface area contributed by atoms with Gasteiger partial charge in [-0.15, -0.1) is 0 Å². The maximum absolute atomic E-state index is 12.4. The number of rotatable bonds is 4. The summed E-state index contributed by atoms with van der Waals surface area (Å²) >= 11 is 5.96. The van der Waals surface area contributed by atoms with Gasteiger partial charge in [-0.25, -0.2) is 0 Å². The Morgan fingerprint density at radius 2 is 1.79 bits per heavy atom. The Morgan fingerprint density at radius 3 is 2.46 bits per heavy atom. The van der Waals surface area contributed by atoms with Crippen LogP contribution in [0.2, 0.25) is 5.02 Å². The second kappa shape index (κ2) is 7.58. The summed E-state index contributed by atoms with van der Waals surface area (Å²) in [5, 5.41) is 3.93. The van der Waals surface area contributed by atoms with Gasteiger partial charge in [-0.05, 0) is 42.8 Å². The standard InChI is InChI=1S/C19H22ClN3O/c1-15-13-16(20)7-8-18(15)21-14-19(24)23-11-9-22(10-12-23)17-5-3-2-4-6-17/h2-8,13,21H,9-12,14H2,1H3. The van der Waals surface area contributed by atoms with Crippen molar-refractivity contribution in [2.24, 2.45) is 0 Å². The van der Waals surface area contributed by atoms with Crippen molar-refractivity contribution in [1.82, 2.24) is 4.90 Å². The summed E-state index contributed by atoms with van der Waals surface area (Å²) in [6.07, 6.45) is 0. The highest BCUT2D eigenvalue weighted by Crippen LogP contribution is 2.20. The third-order valence-corrected chi connectivity index (χ3v) is 4.61. The molecule has 1 saturated heterocycles. The Labute approximate surface area is 148 Å². The van der Waals surface area contributed by atoms with Crippen LogP contribution in [-0.4, -0.2) is 43.5 Å². The molecule has 2 aromatic carbocycles. The maximum atomic E-state index is 12.4. The number of carbonyl (C=O) groups is 1. The molecule has 0 unspecified atom stereocenters. The minimum Gasteiger partial charge on any atom is -0.376 e. The van der Waals surface area contributed by atoms with Gasteiger partial charge in [-0.2, -0.15) is 0 Å². The Balaban J connectivity index is 1.50. The van der Waals surface area contributed by atoms with Crippen LogP contribution in [0.3, 0.4) is 0 Å². The minimum atomic E-state index is 0.136. The highest BCUT2D eigenvalue weighted by molar-refractivity contribution is 6.30. The van der Waals surface area contributed by atoms with Crippen LogP contribution in [0.15, 0.2) is 48.5 Å². The number of hydrogen-bond acceptors (Lipinski definition) is 3. The molecule has 4 nitrogen and oxygen atoms in total. The zero-order valence-corrected chi connectivity index (χ0v) is 14.6. The van der Waals surface area contributed by atoms with Crippen LogP contribution in [0.1, 0.15) is 5.56 Å². The molecular formula is C19H22ClN3O. The van der Waals surface area contributed by atoms with Gasteiger partial charge in [-0.3, -0.25) is 4.79 Å². The fourth-order valence-corrected chi connectivity index (χ4v) is 3.19. The molecule has 126 valence electrons. The molecule has 1 N–H and O–H groups in total. The largest absolute Gasteiger partial charge is 0.376 e. The lowest BCUT2D eigenvalue weighted by Gasteiger charge is -2.36. The van der Waals surface area contributed by atoms with E-state index >= 15 is 0 Å². The first kappa shape index (κ1) is 16.7. The highest BCUT2D eigenvalue weighted by Gasteiger charge is 2.21. The van der Waals surface area contributed by atoms with E-state index in [2.05, 4.69) is 22.3 Å². The van der Waals surface area contributed by atoms with Crippen molar-refractivity contribution in [2.45, 2.75) is 6.92 Å². The number of nitrogens with zero attached hydrogens (tertiary/aromatic N) is 2. The molecule has 0 spiro atoms. The molecule has 0 aromatic heterocycles. The summed E-state index contributed by atoms with van der Waals surface area (Å²) in [7, 11) is 0. The van der Waals surface area contributed by atoms with E-state index < -0.39 is 0 Å². The second-order valence-corrected chi connectivity index (χ2v) is 6.45. The van der Waals surface area contributed by atoms with E-state index in [1.165, 1.54) is 5.69 Å². The lowest BCUT2D eigenvalue weighted by atomic mass is 10.2. The van der Waals surface area contributed by atoms with Gasteiger partial charge in [0.1, 0.15) is 0 Å². The third-order valence-electron chi connectivity index (χ3n) is 4.37. The van der Waals surface area contributed by atoms with Crippen LogP contribution in [-0.2, 0) is 4.79 Å². The van der Waals surface area contributed by atoms with Crippen molar-refractivity contribution in [2.75, 3.05) is 42.9 Å². The van der Waals surface area contributed by atoms with E-state index in [4.69, 9.17) is 11.6 Å². The third kappa shape index (κ3) is 4.01. The first-order valence-electron chi connectivity index (χ1n) is 8.21. The Kier molecular flexibility index (Phi) is 5.26. The maximum Gasteiger partial charge on any atom is 0.241 e. The van der Waals surface area contributed by atoms with E-state index in [0.717, 1.165) is 37.4 Å². The van der Waals surface area contributed by atoms with Gasteiger partial charge in [0, 0.05) is 42.6 Å². The van der Waals surface area contributed by atoms with E-state index in [-0.39, 0.29) is 5.91 Å². The van der Waals surface area contributed by atoms with Crippen LogP contribution in [0.5, 0.6) is 0 Å². The predicted molar refractivity (Wildman–Crippen MR) is 99.9 cm³/mol. The number of carbonyl (C=O) groups excluding carboxylic acids is 1. The van der Waals surface area contributed by atoms with Crippen molar-refractivity contribution >= 4 is 28.9 Å². The van der Waals surface area contributed by atoms with Gasteiger partial charge in [0.2, 0.25) is 5.91 Å². The normalized spacial score (nSPS) is 14.6. The summed E-state index contributed by atoms with van der Waals surface area (Å²) < 4.78 is 0. The highest BCUT2D eigenvalue weighted by atomic mass is 35.5. The summed E-state index contributed by atoms with van der Waals surface area (Å²) in [6, 6.07) is 16.0.